The zero-order valence-corrected chi connectivity index (χ0v) is 34.7. The number of anilines is 1. The maximum absolute atomic E-state index is 13.8. The predicted molar refractivity (Wildman–Crippen MR) is 234 cm³/mol. The molecule has 6 heteroatoms. The number of hydrogen-bond donors (Lipinski definition) is 2. The summed E-state index contributed by atoms with van der Waals surface area (Å²) in [6.07, 6.45) is 14.6. The van der Waals surface area contributed by atoms with E-state index in [4.69, 9.17) is 5.73 Å². The van der Waals surface area contributed by atoms with Crippen molar-refractivity contribution >= 4 is 28.5 Å². The summed E-state index contributed by atoms with van der Waals surface area (Å²) in [7, 11) is 0. The Kier molecular flexibility index (Phi) is 32.1. The lowest BCUT2D eigenvalue weighted by molar-refractivity contribution is 0.631. The van der Waals surface area contributed by atoms with Crippen molar-refractivity contribution in [3.8, 4) is 34.6 Å². The number of nitrogen functional groups attached to an aromatic ring is 1. The fourth-order valence-electron chi connectivity index (χ4n) is 3.74. The smallest absolute Gasteiger partial charge is 0.137 e. The molecule has 5 aromatic rings. The van der Waals surface area contributed by atoms with Gasteiger partial charge >= 0.3 is 0 Å². The van der Waals surface area contributed by atoms with Gasteiger partial charge in [0.15, 0.2) is 0 Å². The highest BCUT2D eigenvalue weighted by Crippen LogP contribution is 2.27. The number of pyridine rings is 2. The monoisotopic (exact) mass is 725 g/mol. The number of aromatic nitrogens is 3. The first kappa shape index (κ1) is 52.1. The quantitative estimate of drug-likeness (QED) is 0.143. The first-order valence-corrected chi connectivity index (χ1v) is 18.3. The molecule has 53 heavy (non-hydrogen) atoms. The predicted octanol–water partition coefficient (Wildman–Crippen LogP) is 14.9. The van der Waals surface area contributed by atoms with Gasteiger partial charge in [-0.3, -0.25) is 0 Å². The van der Waals surface area contributed by atoms with E-state index >= 15 is 0 Å². The van der Waals surface area contributed by atoms with E-state index in [0.29, 0.717) is 16.9 Å². The SMILES string of the molecule is C#CC.C/C=C/c1cc(-c2ccccc2F)cnc1N.C=C(C)c1cc2cc(-c3ccccc3F)cnc2[nH]1.C=CC.CC.CC.CC(C)C.CCC. The lowest BCUT2D eigenvalue weighted by Gasteiger charge is -2.05. The van der Waals surface area contributed by atoms with Crippen molar-refractivity contribution in [1.29, 1.82) is 0 Å². The van der Waals surface area contributed by atoms with Crippen molar-refractivity contribution in [2.75, 3.05) is 5.73 Å². The molecule has 0 saturated carbocycles. The first-order valence-electron chi connectivity index (χ1n) is 18.3. The second-order valence-corrected chi connectivity index (χ2v) is 11.4. The molecule has 0 aliphatic heterocycles. The van der Waals surface area contributed by atoms with Crippen LogP contribution < -0.4 is 5.73 Å². The molecule has 0 unspecified atom stereocenters. The van der Waals surface area contributed by atoms with E-state index in [0.717, 1.165) is 44.9 Å². The van der Waals surface area contributed by atoms with Crippen LogP contribution in [0.3, 0.4) is 0 Å². The van der Waals surface area contributed by atoms with Gasteiger partial charge in [0, 0.05) is 51.3 Å². The number of allylic oxidation sites excluding steroid dienone is 3. The number of terminal acetylenes is 1. The van der Waals surface area contributed by atoms with Crippen LogP contribution in [0, 0.1) is 29.9 Å². The number of hydrogen-bond acceptors (Lipinski definition) is 3. The Balaban J connectivity index is -0.000000669. The molecule has 0 spiro atoms. The molecular weight excluding hydrogens is 659 g/mol. The van der Waals surface area contributed by atoms with Gasteiger partial charge in [-0.25, -0.2) is 18.7 Å². The third-order valence-electron chi connectivity index (χ3n) is 5.60. The summed E-state index contributed by atoms with van der Waals surface area (Å²) < 4.78 is 27.4. The molecule has 3 heterocycles. The number of H-pyrrole nitrogens is 1. The summed E-state index contributed by atoms with van der Waals surface area (Å²) in [5.41, 5.74) is 11.8. The Labute approximate surface area is 321 Å². The van der Waals surface area contributed by atoms with Crippen LogP contribution in [0.25, 0.3) is 44.9 Å². The van der Waals surface area contributed by atoms with Gasteiger partial charge in [-0.15, -0.1) is 18.9 Å². The molecule has 0 atom stereocenters. The Morgan fingerprint density at radius 3 is 1.66 bits per heavy atom. The summed E-state index contributed by atoms with van der Waals surface area (Å²) in [6.45, 7) is 33.4. The van der Waals surface area contributed by atoms with E-state index in [2.05, 4.69) is 75.1 Å². The maximum Gasteiger partial charge on any atom is 0.137 e. The van der Waals surface area contributed by atoms with Crippen LogP contribution in [0.4, 0.5) is 14.6 Å². The van der Waals surface area contributed by atoms with Crippen LogP contribution in [0.1, 0.15) is 108 Å². The minimum absolute atomic E-state index is 0.237. The van der Waals surface area contributed by atoms with Crippen molar-refractivity contribution in [2.45, 2.75) is 96.4 Å². The standard InChI is InChI=1S/C16H13FN2.C14H13FN2.C4H10.C3H8.C3H6.C3H4.2C2H6/c1-10(2)15-8-11-7-12(9-18-16(11)19-15)13-5-3-4-6-14(13)17;1-2-5-10-8-11(9-17-14(10)16)12-6-3-4-7-13(12)15;1-4(2)3;3*1-3-2;2*1-2/h3-9H,1H2,2H3,(H,18,19);2-9H,1H3,(H2,16,17);4H,1-3H3;3H2,1-2H3;3H,1H2,2H3;1H,2H3;2*1-2H3/b;5-2+;;;;;;. The largest absolute Gasteiger partial charge is 0.383 e. The zero-order chi connectivity index (χ0) is 41.4. The molecule has 0 aliphatic rings. The highest BCUT2D eigenvalue weighted by atomic mass is 19.1. The molecule has 3 N–H and O–H groups in total. The fraction of sp³-hybridized carbons (Fsp3) is 0.319. The normalized spacial score (nSPS) is 9.04. The van der Waals surface area contributed by atoms with Crippen molar-refractivity contribution < 1.29 is 8.78 Å². The number of nitrogens with one attached hydrogen (secondary N) is 1. The van der Waals surface area contributed by atoms with Gasteiger partial charge < -0.3 is 10.7 Å². The number of nitrogens with two attached hydrogens (primary N) is 1. The molecule has 3 aromatic heterocycles. The number of benzene rings is 2. The van der Waals surface area contributed by atoms with Crippen molar-refractivity contribution in [3.63, 3.8) is 0 Å². The van der Waals surface area contributed by atoms with Crippen LogP contribution in [-0.4, -0.2) is 15.0 Å². The van der Waals surface area contributed by atoms with Gasteiger partial charge in [0.2, 0.25) is 0 Å². The summed E-state index contributed by atoms with van der Waals surface area (Å²) in [6, 6.07) is 19.1. The van der Waals surface area contributed by atoms with Gasteiger partial charge in [0.1, 0.15) is 23.1 Å². The maximum atomic E-state index is 13.8. The average Bonchev–Trinajstić information content (AvgIpc) is 3.57. The Hall–Kier alpha value is -5.28. The summed E-state index contributed by atoms with van der Waals surface area (Å²) in [5.74, 6) is 3.04. The Morgan fingerprint density at radius 2 is 1.26 bits per heavy atom. The third kappa shape index (κ3) is 21.6. The van der Waals surface area contributed by atoms with Crippen LogP contribution in [0.2, 0.25) is 0 Å². The van der Waals surface area contributed by atoms with Gasteiger partial charge in [-0.1, -0.05) is 130 Å². The molecule has 0 bridgehead atoms. The first-order chi connectivity index (χ1) is 25.3. The number of nitrogens with zero attached hydrogens (tertiary/aromatic N) is 2. The van der Waals surface area contributed by atoms with Crippen LogP contribution in [0.5, 0.6) is 0 Å². The Morgan fingerprint density at radius 1 is 0.868 bits per heavy atom. The van der Waals surface area contributed by atoms with Gasteiger partial charge in [-0.05, 0) is 69.5 Å². The minimum Gasteiger partial charge on any atom is -0.383 e. The molecule has 2 aromatic carbocycles. The van der Waals surface area contributed by atoms with Crippen LogP contribution in [-0.2, 0) is 0 Å². The van der Waals surface area contributed by atoms with Crippen molar-refractivity contribution in [3.05, 3.63) is 127 Å². The van der Waals surface area contributed by atoms with E-state index in [1.807, 2.05) is 84.9 Å². The summed E-state index contributed by atoms with van der Waals surface area (Å²) in [5, 5.41) is 0.957. The van der Waals surface area contributed by atoms with Crippen molar-refractivity contribution in [2.24, 2.45) is 5.92 Å². The zero-order valence-electron chi connectivity index (χ0n) is 34.7. The number of halogens is 2. The molecule has 5 rings (SSSR count). The summed E-state index contributed by atoms with van der Waals surface area (Å²) >= 11 is 0. The third-order valence-corrected chi connectivity index (χ3v) is 5.60. The molecule has 0 radical (unpaired) electrons. The van der Waals surface area contributed by atoms with E-state index in [1.54, 1.807) is 55.7 Å². The number of fused-ring (bicyclic) bond motifs is 1. The van der Waals surface area contributed by atoms with Gasteiger partial charge in [0.25, 0.3) is 0 Å². The van der Waals surface area contributed by atoms with E-state index in [-0.39, 0.29) is 11.6 Å². The second kappa shape index (κ2) is 32.6. The highest BCUT2D eigenvalue weighted by Gasteiger charge is 2.08. The number of rotatable bonds is 4. The summed E-state index contributed by atoms with van der Waals surface area (Å²) in [4.78, 5) is 11.6. The molecule has 288 valence electrons. The van der Waals surface area contributed by atoms with Crippen molar-refractivity contribution in [1.82, 2.24) is 15.0 Å². The molecule has 0 amide bonds. The molecular formula is C47H66F2N4. The molecule has 4 nitrogen and oxygen atoms in total. The second-order valence-electron chi connectivity index (χ2n) is 11.4. The van der Waals surface area contributed by atoms with Gasteiger partial charge in [-0.2, -0.15) is 0 Å². The lowest BCUT2D eigenvalue weighted by atomic mass is 10.0. The number of aromatic amines is 1. The van der Waals surface area contributed by atoms with Gasteiger partial charge in [0.05, 0.1) is 0 Å². The van der Waals surface area contributed by atoms with E-state index < -0.39 is 0 Å². The molecule has 0 aliphatic carbocycles. The Bertz CT molecular complexity index is 1770. The van der Waals surface area contributed by atoms with E-state index in [1.165, 1.54) is 18.6 Å². The fourth-order valence-corrected chi connectivity index (χ4v) is 3.74. The van der Waals surface area contributed by atoms with E-state index in [9.17, 15) is 8.78 Å². The topological polar surface area (TPSA) is 67.6 Å². The van der Waals surface area contributed by atoms with Crippen LogP contribution >= 0.6 is 0 Å². The lowest BCUT2D eigenvalue weighted by Crippen LogP contribution is -1.95. The molecule has 0 fully saturated rings. The molecule has 0 saturated heterocycles. The highest BCUT2D eigenvalue weighted by molar-refractivity contribution is 5.85. The average molecular weight is 725 g/mol. The minimum atomic E-state index is -0.259. The van der Waals surface area contributed by atoms with Crippen LogP contribution in [0.15, 0.2) is 104 Å².